The Morgan fingerprint density at radius 2 is 2.09 bits per heavy atom. The average molecular weight is 364 g/mol. The van der Waals surface area contributed by atoms with E-state index in [9.17, 15) is 18.0 Å². The van der Waals surface area contributed by atoms with Gasteiger partial charge in [-0.3, -0.25) is 4.89 Å². The van der Waals surface area contributed by atoms with Crippen molar-refractivity contribution in [2.24, 2.45) is 0 Å². The Balaban J connectivity index is 0.00000242. The maximum absolute atomic E-state index is 12.8. The van der Waals surface area contributed by atoms with E-state index in [0.717, 1.165) is 6.07 Å². The summed E-state index contributed by atoms with van der Waals surface area (Å²) >= 11 is 5.58. The Bertz CT molecular complexity index is 542. The molecule has 1 atom stereocenters. The van der Waals surface area contributed by atoms with Crippen molar-refractivity contribution in [1.29, 1.82) is 0 Å². The van der Waals surface area contributed by atoms with Crippen LogP contribution in [-0.2, 0) is 20.7 Å². The molecule has 0 saturated carbocycles. The number of halogens is 4. The molecule has 2 radical (unpaired) electrons. The van der Waals surface area contributed by atoms with Crippen LogP contribution in [0.3, 0.4) is 0 Å². The molecule has 0 aliphatic carbocycles. The van der Waals surface area contributed by atoms with Gasteiger partial charge in [0, 0.05) is 63.4 Å². The summed E-state index contributed by atoms with van der Waals surface area (Å²) < 4.78 is 38.5. The van der Waals surface area contributed by atoms with Crippen molar-refractivity contribution in [3.05, 3.63) is 28.8 Å². The first-order valence-corrected chi connectivity index (χ1v) is 6.61. The van der Waals surface area contributed by atoms with Crippen LogP contribution in [0.5, 0.6) is 0 Å². The van der Waals surface area contributed by atoms with E-state index >= 15 is 0 Å². The minimum Gasteiger partial charge on any atom is -0.369 e. The van der Waals surface area contributed by atoms with Crippen LogP contribution in [0.4, 0.5) is 18.9 Å². The van der Waals surface area contributed by atoms with Crippen LogP contribution in [0.25, 0.3) is 0 Å². The van der Waals surface area contributed by atoms with Crippen LogP contribution in [0.1, 0.15) is 18.9 Å². The molecular weight excluding hydrogens is 351 g/mol. The zero-order valence-electron chi connectivity index (χ0n) is 11.8. The molecule has 1 heterocycles. The molecule has 1 aromatic rings. The van der Waals surface area contributed by atoms with E-state index in [1.54, 1.807) is 4.90 Å². The number of carbonyl (C=O) groups excluding carboxylic acids is 1. The van der Waals surface area contributed by atoms with Crippen molar-refractivity contribution in [1.82, 2.24) is 0 Å². The van der Waals surface area contributed by atoms with Crippen LogP contribution in [0, 0.1) is 0 Å². The van der Waals surface area contributed by atoms with Gasteiger partial charge in [-0.05, 0) is 24.6 Å². The molecule has 0 N–H and O–H groups in total. The molecule has 0 bridgehead atoms. The molecule has 2 rings (SSSR count). The van der Waals surface area contributed by atoms with Crippen molar-refractivity contribution >= 4 is 61.0 Å². The Morgan fingerprint density at radius 1 is 1.41 bits per heavy atom. The van der Waals surface area contributed by atoms with Crippen LogP contribution < -0.4 is 4.90 Å². The van der Waals surface area contributed by atoms with Crippen LogP contribution in [-0.4, -0.2) is 62.9 Å². The van der Waals surface area contributed by atoms with Gasteiger partial charge in [-0.1, -0.05) is 11.6 Å². The molecule has 4 nitrogen and oxygen atoms in total. The summed E-state index contributed by atoms with van der Waals surface area (Å²) in [6.45, 7) is 2.05. The van der Waals surface area contributed by atoms with Crippen molar-refractivity contribution in [3.63, 3.8) is 0 Å². The van der Waals surface area contributed by atoms with Gasteiger partial charge in [-0.2, -0.15) is 18.1 Å². The SMILES string of the molecule is CC(=O)OOC1CCN(c2ccc(Cl)c(C(F)(F)F)c2)C1.[Ca]. The number of rotatable bonds is 3. The fourth-order valence-corrected chi connectivity index (χ4v) is 2.33. The predicted molar refractivity (Wildman–Crippen MR) is 75.7 cm³/mol. The van der Waals surface area contributed by atoms with E-state index < -0.39 is 17.7 Å². The number of benzene rings is 1. The van der Waals surface area contributed by atoms with Crippen molar-refractivity contribution in [2.45, 2.75) is 25.6 Å². The fourth-order valence-electron chi connectivity index (χ4n) is 2.10. The maximum atomic E-state index is 12.8. The molecule has 1 aliphatic rings. The fraction of sp³-hybridized carbons (Fsp3) is 0.462. The maximum Gasteiger partial charge on any atom is 0.417 e. The first kappa shape index (κ1) is 19.8. The Kier molecular flexibility index (Phi) is 7.26. The van der Waals surface area contributed by atoms with E-state index in [2.05, 4.69) is 4.89 Å². The average Bonchev–Trinajstić information content (AvgIpc) is 2.84. The summed E-state index contributed by atoms with van der Waals surface area (Å²) in [6, 6.07) is 3.75. The summed E-state index contributed by atoms with van der Waals surface area (Å²) in [7, 11) is 0. The van der Waals surface area contributed by atoms with Gasteiger partial charge >= 0.3 is 12.1 Å². The topological polar surface area (TPSA) is 38.8 Å². The van der Waals surface area contributed by atoms with Crippen LogP contribution >= 0.6 is 11.6 Å². The summed E-state index contributed by atoms with van der Waals surface area (Å²) in [4.78, 5) is 21.7. The Hall–Kier alpha value is -0.210. The second-order valence-electron chi connectivity index (χ2n) is 4.69. The normalized spacial score (nSPS) is 18.0. The van der Waals surface area contributed by atoms with Crippen molar-refractivity contribution < 1.29 is 27.7 Å². The second-order valence-corrected chi connectivity index (χ2v) is 5.10. The molecule has 1 unspecified atom stereocenters. The number of nitrogens with zero attached hydrogens (tertiary/aromatic N) is 1. The molecule has 1 saturated heterocycles. The number of hydrogen-bond acceptors (Lipinski definition) is 4. The van der Waals surface area contributed by atoms with Gasteiger partial charge in [-0.15, -0.1) is 0 Å². The predicted octanol–water partition coefficient (Wildman–Crippen LogP) is 3.05. The molecule has 0 aromatic heterocycles. The monoisotopic (exact) mass is 363 g/mol. The number of carbonyl (C=O) groups is 1. The zero-order valence-corrected chi connectivity index (χ0v) is 14.8. The van der Waals surface area contributed by atoms with Gasteiger partial charge in [0.25, 0.3) is 0 Å². The van der Waals surface area contributed by atoms with Crippen LogP contribution in [0.2, 0.25) is 5.02 Å². The summed E-state index contributed by atoms with van der Waals surface area (Å²) in [6.07, 6.45) is -4.31. The molecule has 1 fully saturated rings. The van der Waals surface area contributed by atoms with Crippen molar-refractivity contribution in [2.75, 3.05) is 18.0 Å². The molecule has 0 spiro atoms. The smallest absolute Gasteiger partial charge is 0.369 e. The molecule has 1 aromatic carbocycles. The first-order chi connectivity index (χ1) is 9.77. The third-order valence-corrected chi connectivity index (χ3v) is 3.40. The summed E-state index contributed by atoms with van der Waals surface area (Å²) in [5, 5.41) is -0.335. The van der Waals surface area contributed by atoms with Gasteiger partial charge in [0.2, 0.25) is 0 Å². The van der Waals surface area contributed by atoms with E-state index in [1.807, 2.05) is 0 Å². The molecular formula is C13H13CaClF3NO3. The molecule has 118 valence electrons. The Morgan fingerprint density at radius 3 is 2.68 bits per heavy atom. The summed E-state index contributed by atoms with van der Waals surface area (Å²) in [5.41, 5.74) is -0.466. The second kappa shape index (κ2) is 8.06. The van der Waals surface area contributed by atoms with Gasteiger partial charge < -0.3 is 4.90 Å². The van der Waals surface area contributed by atoms with Crippen LogP contribution in [0.15, 0.2) is 18.2 Å². The van der Waals surface area contributed by atoms with E-state index in [4.69, 9.17) is 16.5 Å². The third-order valence-electron chi connectivity index (χ3n) is 3.07. The number of alkyl halides is 3. The first-order valence-electron chi connectivity index (χ1n) is 6.23. The summed E-state index contributed by atoms with van der Waals surface area (Å²) in [5.74, 6) is -0.570. The largest absolute Gasteiger partial charge is 0.417 e. The minimum atomic E-state index is -4.50. The zero-order chi connectivity index (χ0) is 15.6. The molecule has 22 heavy (non-hydrogen) atoms. The van der Waals surface area contributed by atoms with Gasteiger partial charge in [0.1, 0.15) is 6.10 Å². The standard InChI is InChI=1S/C13H13ClF3NO3.Ca/c1-8(19)20-21-10-4-5-18(7-10)9-2-3-12(14)11(6-9)13(15,16)17;/h2-3,6,10H,4-5,7H2,1H3;. The Labute approximate surface area is 160 Å². The van der Waals surface area contributed by atoms with E-state index in [1.165, 1.54) is 19.1 Å². The van der Waals surface area contributed by atoms with Gasteiger partial charge in [0.15, 0.2) is 0 Å². The van der Waals surface area contributed by atoms with E-state index in [-0.39, 0.29) is 48.9 Å². The quantitative estimate of drug-likeness (QED) is 0.470. The molecule has 1 aliphatic heterocycles. The van der Waals surface area contributed by atoms with Gasteiger partial charge in [-0.25, -0.2) is 4.79 Å². The minimum absolute atomic E-state index is 0. The third kappa shape index (κ3) is 5.16. The molecule has 0 amide bonds. The van der Waals surface area contributed by atoms with Crippen molar-refractivity contribution in [3.8, 4) is 0 Å². The van der Waals surface area contributed by atoms with Gasteiger partial charge in [0.05, 0.1) is 10.6 Å². The number of anilines is 1. The number of hydrogen-bond donors (Lipinski definition) is 0. The van der Waals surface area contributed by atoms with E-state index in [0.29, 0.717) is 25.2 Å². The molecule has 9 heteroatoms.